The van der Waals surface area contributed by atoms with Crippen molar-refractivity contribution in [3.63, 3.8) is 0 Å². The fraction of sp³-hybridized carbons (Fsp3) is 0.364. The van der Waals surface area contributed by atoms with Crippen LogP contribution in [0, 0.1) is 0 Å². The van der Waals surface area contributed by atoms with E-state index in [4.69, 9.17) is 11.6 Å². The first-order valence-corrected chi connectivity index (χ1v) is 8.30. The molecule has 0 aliphatic heterocycles. The lowest BCUT2D eigenvalue weighted by molar-refractivity contribution is 0.449. The van der Waals surface area contributed by atoms with E-state index in [9.17, 15) is 8.42 Å². The minimum absolute atomic E-state index is 0.235. The van der Waals surface area contributed by atoms with E-state index in [1.807, 2.05) is 17.7 Å². The zero-order valence-electron chi connectivity index (χ0n) is 10.6. The molecule has 2 aromatic heterocycles. The van der Waals surface area contributed by atoms with Crippen molar-refractivity contribution in [3.8, 4) is 0 Å². The largest absolute Gasteiger partial charge is 0.334 e. The number of hydrogen-bond acceptors (Lipinski definition) is 4. The van der Waals surface area contributed by atoms with Gasteiger partial charge in [0.1, 0.15) is 10.0 Å². The molecule has 0 aliphatic carbocycles. The monoisotopic (exact) mass is 319 g/mol. The Hall–Kier alpha value is -0.890. The van der Waals surface area contributed by atoms with Crippen LogP contribution in [0.1, 0.15) is 12.7 Å². The highest BCUT2D eigenvalue weighted by molar-refractivity contribution is 7.91. The molecule has 2 rings (SSSR count). The predicted octanol–water partition coefficient (Wildman–Crippen LogP) is 2.44. The van der Waals surface area contributed by atoms with Crippen LogP contribution >= 0.6 is 22.9 Å². The molecule has 0 atom stereocenters. The molecular weight excluding hydrogens is 306 g/mol. The summed E-state index contributed by atoms with van der Waals surface area (Å²) in [4.78, 5) is 4.17. The molecule has 0 N–H and O–H groups in total. The third-order valence-electron chi connectivity index (χ3n) is 2.72. The Morgan fingerprint density at radius 3 is 2.79 bits per heavy atom. The Bertz CT molecular complexity index is 663. The molecule has 8 heteroatoms. The molecule has 0 radical (unpaired) electrons. The van der Waals surface area contributed by atoms with Gasteiger partial charge in [-0.2, -0.15) is 4.31 Å². The van der Waals surface area contributed by atoms with E-state index in [0.29, 0.717) is 4.34 Å². The Balaban J connectivity index is 2.22. The molecular formula is C11H14ClN3O2S2. The minimum atomic E-state index is -3.51. The molecule has 104 valence electrons. The van der Waals surface area contributed by atoms with Gasteiger partial charge in [-0.25, -0.2) is 13.4 Å². The first-order valence-electron chi connectivity index (χ1n) is 5.67. The Morgan fingerprint density at radius 1 is 1.47 bits per heavy atom. The van der Waals surface area contributed by atoms with Crippen LogP contribution in [-0.2, 0) is 23.1 Å². The van der Waals surface area contributed by atoms with E-state index in [2.05, 4.69) is 4.98 Å². The highest BCUT2D eigenvalue weighted by Crippen LogP contribution is 2.28. The van der Waals surface area contributed by atoms with Crippen molar-refractivity contribution in [2.75, 3.05) is 7.05 Å². The van der Waals surface area contributed by atoms with Crippen LogP contribution in [0.25, 0.3) is 0 Å². The van der Waals surface area contributed by atoms with Gasteiger partial charge in [-0.15, -0.1) is 11.3 Å². The van der Waals surface area contributed by atoms with Crippen LogP contribution in [-0.4, -0.2) is 29.3 Å². The van der Waals surface area contributed by atoms with E-state index >= 15 is 0 Å². The van der Waals surface area contributed by atoms with Crippen LogP contribution in [0.4, 0.5) is 0 Å². The first-order chi connectivity index (χ1) is 8.95. The molecule has 0 aromatic carbocycles. The standard InChI is InChI=1S/C11H14ClN3O2S2/c1-3-15-7-6-13-10(15)8-14(2)19(16,17)11-5-4-9(12)18-11/h4-7H,3,8H2,1-2H3. The zero-order valence-corrected chi connectivity index (χ0v) is 13.0. The molecule has 0 unspecified atom stereocenters. The Kier molecular flexibility index (Phi) is 4.29. The smallest absolute Gasteiger partial charge is 0.252 e. The number of hydrogen-bond donors (Lipinski definition) is 0. The number of aryl methyl sites for hydroxylation is 1. The van der Waals surface area contributed by atoms with Crippen molar-refractivity contribution >= 4 is 33.0 Å². The van der Waals surface area contributed by atoms with Crippen molar-refractivity contribution in [1.82, 2.24) is 13.9 Å². The average Bonchev–Trinajstić information content (AvgIpc) is 2.97. The van der Waals surface area contributed by atoms with Gasteiger partial charge in [0.15, 0.2) is 0 Å². The fourth-order valence-corrected chi connectivity index (χ4v) is 4.47. The zero-order chi connectivity index (χ0) is 14.0. The SMILES string of the molecule is CCn1ccnc1CN(C)S(=O)(=O)c1ccc(Cl)s1. The molecule has 0 amide bonds. The highest BCUT2D eigenvalue weighted by atomic mass is 35.5. The van der Waals surface area contributed by atoms with Gasteiger partial charge in [0, 0.05) is 26.0 Å². The number of nitrogens with zero attached hydrogens (tertiary/aromatic N) is 3. The maximum Gasteiger partial charge on any atom is 0.252 e. The lowest BCUT2D eigenvalue weighted by atomic mass is 10.5. The number of rotatable bonds is 5. The summed E-state index contributed by atoms with van der Waals surface area (Å²) in [5, 5.41) is 0. The van der Waals surface area contributed by atoms with Crippen LogP contribution in [0.3, 0.4) is 0 Å². The van der Waals surface area contributed by atoms with Gasteiger partial charge < -0.3 is 4.57 Å². The summed E-state index contributed by atoms with van der Waals surface area (Å²) in [5.41, 5.74) is 0. The van der Waals surface area contributed by atoms with E-state index in [-0.39, 0.29) is 10.8 Å². The summed E-state index contributed by atoms with van der Waals surface area (Å²) in [6.07, 6.45) is 3.50. The number of thiophene rings is 1. The van der Waals surface area contributed by atoms with Crippen LogP contribution in [0.5, 0.6) is 0 Å². The van der Waals surface area contributed by atoms with Crippen molar-refractivity contribution in [1.29, 1.82) is 0 Å². The fourth-order valence-electron chi connectivity index (χ4n) is 1.65. The predicted molar refractivity (Wildman–Crippen MR) is 75.9 cm³/mol. The topological polar surface area (TPSA) is 55.2 Å². The molecule has 2 aromatic rings. The normalized spacial score (nSPS) is 12.2. The van der Waals surface area contributed by atoms with Gasteiger partial charge in [-0.1, -0.05) is 11.6 Å². The summed E-state index contributed by atoms with van der Waals surface area (Å²) in [5.74, 6) is 0.719. The van der Waals surface area contributed by atoms with Gasteiger partial charge in [-0.3, -0.25) is 0 Å². The molecule has 19 heavy (non-hydrogen) atoms. The minimum Gasteiger partial charge on any atom is -0.334 e. The molecule has 0 saturated carbocycles. The number of halogens is 1. The Labute approximate surface area is 121 Å². The molecule has 0 spiro atoms. The first kappa shape index (κ1) is 14.5. The van der Waals surface area contributed by atoms with Gasteiger partial charge in [0.25, 0.3) is 10.0 Å². The average molecular weight is 320 g/mol. The van der Waals surface area contributed by atoms with Gasteiger partial charge in [-0.05, 0) is 19.1 Å². The second-order valence-electron chi connectivity index (χ2n) is 3.95. The van der Waals surface area contributed by atoms with Crippen molar-refractivity contribution in [3.05, 3.63) is 34.7 Å². The molecule has 2 heterocycles. The summed E-state index contributed by atoms with van der Waals surface area (Å²) < 4.78 is 28.5. The van der Waals surface area contributed by atoms with Gasteiger partial charge >= 0.3 is 0 Å². The third kappa shape index (κ3) is 3.00. The Morgan fingerprint density at radius 2 is 2.21 bits per heavy atom. The van der Waals surface area contributed by atoms with E-state index < -0.39 is 10.0 Å². The molecule has 0 bridgehead atoms. The lowest BCUT2D eigenvalue weighted by Crippen LogP contribution is -2.27. The number of aromatic nitrogens is 2. The molecule has 0 saturated heterocycles. The van der Waals surface area contributed by atoms with E-state index in [1.165, 1.54) is 17.4 Å². The maximum absolute atomic E-state index is 12.3. The molecule has 0 aliphatic rings. The van der Waals surface area contributed by atoms with E-state index in [1.54, 1.807) is 12.3 Å². The highest BCUT2D eigenvalue weighted by Gasteiger charge is 2.23. The van der Waals surface area contributed by atoms with Crippen LogP contribution in [0.15, 0.2) is 28.7 Å². The third-order valence-corrected chi connectivity index (χ3v) is 6.22. The summed E-state index contributed by atoms with van der Waals surface area (Å²) in [6.45, 7) is 2.98. The lowest BCUT2D eigenvalue weighted by Gasteiger charge is -2.16. The summed E-state index contributed by atoms with van der Waals surface area (Å²) in [7, 11) is -1.97. The number of imidazole rings is 1. The van der Waals surface area contributed by atoms with Crippen LogP contribution < -0.4 is 0 Å². The van der Waals surface area contributed by atoms with Gasteiger partial charge in [0.2, 0.25) is 0 Å². The van der Waals surface area contributed by atoms with Crippen molar-refractivity contribution < 1.29 is 8.42 Å². The van der Waals surface area contributed by atoms with E-state index in [0.717, 1.165) is 23.7 Å². The van der Waals surface area contributed by atoms with Crippen molar-refractivity contribution in [2.24, 2.45) is 0 Å². The number of sulfonamides is 1. The quantitative estimate of drug-likeness (QED) is 0.850. The van der Waals surface area contributed by atoms with Crippen molar-refractivity contribution in [2.45, 2.75) is 24.2 Å². The summed E-state index contributed by atoms with van der Waals surface area (Å²) in [6, 6.07) is 3.10. The van der Waals surface area contributed by atoms with Gasteiger partial charge in [0.05, 0.1) is 10.9 Å². The second kappa shape index (κ2) is 5.62. The van der Waals surface area contributed by atoms with Crippen LogP contribution in [0.2, 0.25) is 4.34 Å². The molecule has 0 fully saturated rings. The summed E-state index contributed by atoms with van der Waals surface area (Å²) >= 11 is 6.83. The molecule has 5 nitrogen and oxygen atoms in total. The maximum atomic E-state index is 12.3. The second-order valence-corrected chi connectivity index (χ2v) is 7.94.